The van der Waals surface area contributed by atoms with Gasteiger partial charge in [-0.3, -0.25) is 0 Å². The van der Waals surface area contributed by atoms with Crippen molar-refractivity contribution >= 4 is 16.5 Å². The molecule has 74 valence electrons. The van der Waals surface area contributed by atoms with Crippen molar-refractivity contribution in [2.75, 3.05) is 11.9 Å². The second-order valence-electron chi connectivity index (χ2n) is 3.83. The number of hydrogen-bond donors (Lipinski definition) is 2. The average Bonchev–Trinajstić information content (AvgIpc) is 2.27. The van der Waals surface area contributed by atoms with Crippen molar-refractivity contribution in [1.82, 2.24) is 4.98 Å². The highest BCUT2D eigenvalue weighted by atomic mass is 32.1. The van der Waals surface area contributed by atoms with Gasteiger partial charge in [0, 0.05) is 11.4 Å². The molecule has 0 fully saturated rings. The van der Waals surface area contributed by atoms with Crippen LogP contribution in [0.4, 0.5) is 5.13 Å². The summed E-state index contributed by atoms with van der Waals surface area (Å²) < 4.78 is 0. The monoisotopic (exact) mass is 200 g/mol. The highest BCUT2D eigenvalue weighted by Crippen LogP contribution is 2.21. The number of thiazole rings is 1. The van der Waals surface area contributed by atoms with Crippen LogP contribution in [-0.2, 0) is 0 Å². The molecule has 0 atom stereocenters. The summed E-state index contributed by atoms with van der Waals surface area (Å²) in [5, 5.41) is 13.5. The van der Waals surface area contributed by atoms with E-state index in [4.69, 9.17) is 0 Å². The lowest BCUT2D eigenvalue weighted by molar-refractivity contribution is 0.0945. The van der Waals surface area contributed by atoms with Crippen LogP contribution in [-0.4, -0.2) is 22.2 Å². The van der Waals surface area contributed by atoms with Gasteiger partial charge in [-0.05, 0) is 27.7 Å². The smallest absolute Gasteiger partial charge is 0.183 e. The maximum Gasteiger partial charge on any atom is 0.183 e. The Morgan fingerprint density at radius 3 is 2.46 bits per heavy atom. The lowest BCUT2D eigenvalue weighted by Gasteiger charge is -2.16. The van der Waals surface area contributed by atoms with Crippen LogP contribution < -0.4 is 5.32 Å². The molecule has 1 heterocycles. The number of aromatic nitrogens is 1. The summed E-state index contributed by atoms with van der Waals surface area (Å²) in [4.78, 5) is 5.53. The van der Waals surface area contributed by atoms with Crippen LogP contribution in [0, 0.1) is 13.8 Å². The molecule has 0 spiro atoms. The first kappa shape index (κ1) is 10.5. The largest absolute Gasteiger partial charge is 0.389 e. The molecule has 0 aliphatic rings. The number of nitrogens with zero attached hydrogens (tertiary/aromatic N) is 1. The first-order valence-electron chi connectivity index (χ1n) is 4.29. The Labute approximate surface area is 82.8 Å². The van der Waals surface area contributed by atoms with Crippen LogP contribution in [0.3, 0.4) is 0 Å². The van der Waals surface area contributed by atoms with Gasteiger partial charge in [0.2, 0.25) is 0 Å². The fraction of sp³-hybridized carbons (Fsp3) is 0.667. The first-order valence-corrected chi connectivity index (χ1v) is 5.10. The van der Waals surface area contributed by atoms with Crippen LogP contribution in [0.1, 0.15) is 24.4 Å². The molecule has 0 bridgehead atoms. The number of hydrogen-bond acceptors (Lipinski definition) is 4. The molecule has 0 aliphatic carbocycles. The standard InChI is InChI=1S/C9H16N2OS/c1-6-7(2)13-8(11-6)10-5-9(3,4)12/h12H,5H2,1-4H3,(H,10,11). The van der Waals surface area contributed by atoms with Gasteiger partial charge in [-0.2, -0.15) is 0 Å². The van der Waals surface area contributed by atoms with Crippen LogP contribution in [0.5, 0.6) is 0 Å². The lowest BCUT2D eigenvalue weighted by Crippen LogP contribution is -2.29. The Morgan fingerprint density at radius 2 is 2.08 bits per heavy atom. The van der Waals surface area contributed by atoms with E-state index in [2.05, 4.69) is 10.3 Å². The molecule has 0 unspecified atom stereocenters. The molecule has 1 aromatic rings. The number of aliphatic hydroxyl groups is 1. The topological polar surface area (TPSA) is 45.2 Å². The van der Waals surface area contributed by atoms with Gasteiger partial charge in [-0.1, -0.05) is 0 Å². The van der Waals surface area contributed by atoms with Crippen LogP contribution in [0.2, 0.25) is 0 Å². The van der Waals surface area contributed by atoms with Crippen LogP contribution in [0.15, 0.2) is 0 Å². The Kier molecular flexibility index (Phi) is 2.93. The van der Waals surface area contributed by atoms with E-state index in [1.54, 1.807) is 25.2 Å². The Balaban J connectivity index is 2.56. The van der Waals surface area contributed by atoms with Gasteiger partial charge in [0.1, 0.15) is 0 Å². The van der Waals surface area contributed by atoms with Crippen molar-refractivity contribution in [2.45, 2.75) is 33.3 Å². The highest BCUT2D eigenvalue weighted by molar-refractivity contribution is 7.15. The molecule has 1 rings (SSSR count). The molecule has 1 aromatic heterocycles. The van der Waals surface area contributed by atoms with E-state index in [1.165, 1.54) is 4.88 Å². The second kappa shape index (κ2) is 3.64. The zero-order chi connectivity index (χ0) is 10.1. The van der Waals surface area contributed by atoms with Gasteiger partial charge in [-0.25, -0.2) is 4.98 Å². The molecule has 0 aliphatic heterocycles. The zero-order valence-electron chi connectivity index (χ0n) is 8.51. The Hall–Kier alpha value is -0.610. The number of aryl methyl sites for hydroxylation is 2. The lowest BCUT2D eigenvalue weighted by atomic mass is 10.1. The van der Waals surface area contributed by atoms with E-state index in [0.29, 0.717) is 6.54 Å². The average molecular weight is 200 g/mol. The van der Waals surface area contributed by atoms with Gasteiger partial charge < -0.3 is 10.4 Å². The fourth-order valence-corrected chi connectivity index (χ4v) is 1.65. The van der Waals surface area contributed by atoms with Crippen LogP contribution in [0.25, 0.3) is 0 Å². The third kappa shape index (κ3) is 3.32. The summed E-state index contributed by atoms with van der Waals surface area (Å²) >= 11 is 1.62. The molecule has 4 heteroatoms. The fourth-order valence-electron chi connectivity index (χ4n) is 0.840. The van der Waals surface area contributed by atoms with Crippen molar-refractivity contribution in [3.05, 3.63) is 10.6 Å². The minimum absolute atomic E-state index is 0.527. The van der Waals surface area contributed by atoms with E-state index in [1.807, 2.05) is 13.8 Å². The predicted octanol–water partition coefficient (Wildman–Crippen LogP) is 1.94. The van der Waals surface area contributed by atoms with Crippen molar-refractivity contribution in [2.24, 2.45) is 0 Å². The summed E-state index contributed by atoms with van der Waals surface area (Å²) in [7, 11) is 0. The van der Waals surface area contributed by atoms with E-state index < -0.39 is 5.60 Å². The van der Waals surface area contributed by atoms with Crippen molar-refractivity contribution in [3.63, 3.8) is 0 Å². The molecule has 0 saturated carbocycles. The van der Waals surface area contributed by atoms with Crippen molar-refractivity contribution in [1.29, 1.82) is 0 Å². The van der Waals surface area contributed by atoms with Gasteiger partial charge in [0.05, 0.1) is 11.3 Å². The van der Waals surface area contributed by atoms with E-state index >= 15 is 0 Å². The maximum absolute atomic E-state index is 9.47. The molecular formula is C9H16N2OS. The first-order chi connectivity index (χ1) is 5.88. The van der Waals surface area contributed by atoms with Gasteiger partial charge in [0.15, 0.2) is 5.13 Å². The maximum atomic E-state index is 9.47. The van der Waals surface area contributed by atoms with E-state index in [9.17, 15) is 5.11 Å². The predicted molar refractivity (Wildman–Crippen MR) is 56.4 cm³/mol. The number of rotatable bonds is 3. The number of nitrogens with one attached hydrogen (secondary N) is 1. The SMILES string of the molecule is Cc1nc(NCC(C)(C)O)sc1C. The summed E-state index contributed by atoms with van der Waals surface area (Å²) in [6, 6.07) is 0. The van der Waals surface area contributed by atoms with E-state index in [-0.39, 0.29) is 0 Å². The van der Waals surface area contributed by atoms with Crippen molar-refractivity contribution in [3.8, 4) is 0 Å². The quantitative estimate of drug-likeness (QED) is 0.783. The second-order valence-corrected chi connectivity index (χ2v) is 5.03. The molecule has 0 amide bonds. The summed E-state index contributed by atoms with van der Waals surface area (Å²) in [6.45, 7) is 8.10. The Bertz CT molecular complexity index is 269. The summed E-state index contributed by atoms with van der Waals surface area (Å²) in [6.07, 6.45) is 0. The third-order valence-corrected chi connectivity index (χ3v) is 2.73. The van der Waals surface area contributed by atoms with Crippen molar-refractivity contribution < 1.29 is 5.11 Å². The number of anilines is 1. The summed E-state index contributed by atoms with van der Waals surface area (Å²) in [5.74, 6) is 0. The third-order valence-electron chi connectivity index (χ3n) is 1.70. The summed E-state index contributed by atoms with van der Waals surface area (Å²) in [5.41, 5.74) is 0.372. The Morgan fingerprint density at radius 1 is 1.46 bits per heavy atom. The van der Waals surface area contributed by atoms with Gasteiger partial charge in [-0.15, -0.1) is 11.3 Å². The van der Waals surface area contributed by atoms with Gasteiger partial charge in [0.25, 0.3) is 0 Å². The molecule has 0 radical (unpaired) electrons. The highest BCUT2D eigenvalue weighted by Gasteiger charge is 2.13. The van der Waals surface area contributed by atoms with E-state index in [0.717, 1.165) is 10.8 Å². The normalized spacial score (nSPS) is 11.8. The molecule has 0 aromatic carbocycles. The van der Waals surface area contributed by atoms with Crippen LogP contribution >= 0.6 is 11.3 Å². The minimum Gasteiger partial charge on any atom is -0.389 e. The molecule has 13 heavy (non-hydrogen) atoms. The molecular weight excluding hydrogens is 184 g/mol. The zero-order valence-corrected chi connectivity index (χ0v) is 9.33. The molecule has 2 N–H and O–H groups in total. The molecule has 0 saturated heterocycles. The minimum atomic E-state index is -0.687. The molecule has 3 nitrogen and oxygen atoms in total. The van der Waals surface area contributed by atoms with Gasteiger partial charge >= 0.3 is 0 Å².